The highest BCUT2D eigenvalue weighted by Crippen LogP contribution is 2.13. The number of morpholine rings is 1. The molecule has 2 rings (SSSR count). The summed E-state index contributed by atoms with van der Waals surface area (Å²) in [6.07, 6.45) is -0.120. The van der Waals surface area contributed by atoms with Crippen LogP contribution in [0.3, 0.4) is 0 Å². The van der Waals surface area contributed by atoms with Crippen LogP contribution in [-0.2, 0) is 20.7 Å². The number of carbonyl (C=O) groups is 2. The van der Waals surface area contributed by atoms with Gasteiger partial charge >= 0.3 is 0 Å². The number of aryl methyl sites for hydroxylation is 1. The maximum Gasteiger partial charge on any atom is 0.248 e. The Balaban J connectivity index is 1.90. The van der Waals surface area contributed by atoms with Crippen molar-refractivity contribution in [3.05, 3.63) is 35.6 Å². The second-order valence-electron chi connectivity index (χ2n) is 5.26. The molecule has 2 amide bonds. The number of hydrogen-bond donors (Lipinski definition) is 1. The van der Waals surface area contributed by atoms with Gasteiger partial charge in [0.25, 0.3) is 0 Å². The van der Waals surface area contributed by atoms with Crippen molar-refractivity contribution in [2.24, 2.45) is 5.73 Å². The minimum absolute atomic E-state index is 0.0549. The Kier molecular flexibility index (Phi) is 4.90. The fourth-order valence-electron chi connectivity index (χ4n) is 2.37. The van der Waals surface area contributed by atoms with Crippen molar-refractivity contribution in [2.45, 2.75) is 32.0 Å². The summed E-state index contributed by atoms with van der Waals surface area (Å²) in [5.74, 6) is -0.907. The molecular weight excluding hydrogens is 275 g/mol. The molecule has 114 valence electrons. The van der Waals surface area contributed by atoms with E-state index >= 15 is 0 Å². The molecule has 0 aromatic heterocycles. The van der Waals surface area contributed by atoms with Crippen LogP contribution in [0.25, 0.3) is 0 Å². The fraction of sp³-hybridized carbons (Fsp3) is 0.467. The summed E-state index contributed by atoms with van der Waals surface area (Å²) in [5.41, 5.74) is 6.13. The van der Waals surface area contributed by atoms with Gasteiger partial charge in [0.2, 0.25) is 11.8 Å². The summed E-state index contributed by atoms with van der Waals surface area (Å²) < 4.78 is 18.2. The summed E-state index contributed by atoms with van der Waals surface area (Å²) in [5, 5.41) is 0. The lowest BCUT2D eigenvalue weighted by atomic mass is 10.1. The average molecular weight is 294 g/mol. The molecule has 0 unspecified atom stereocenters. The van der Waals surface area contributed by atoms with Gasteiger partial charge in [0, 0.05) is 13.0 Å². The van der Waals surface area contributed by atoms with E-state index in [2.05, 4.69) is 0 Å². The van der Waals surface area contributed by atoms with Gasteiger partial charge in [-0.3, -0.25) is 9.59 Å². The van der Waals surface area contributed by atoms with Gasteiger partial charge in [-0.2, -0.15) is 0 Å². The summed E-state index contributed by atoms with van der Waals surface area (Å²) in [7, 11) is 0. The van der Waals surface area contributed by atoms with E-state index in [1.165, 1.54) is 12.1 Å². The minimum atomic E-state index is -0.747. The Morgan fingerprint density at radius 3 is 2.62 bits per heavy atom. The topological polar surface area (TPSA) is 72.6 Å². The van der Waals surface area contributed by atoms with Crippen LogP contribution in [0.1, 0.15) is 18.9 Å². The summed E-state index contributed by atoms with van der Waals surface area (Å²) in [6.45, 7) is 2.45. The lowest BCUT2D eigenvalue weighted by molar-refractivity contribution is -0.152. The highest BCUT2D eigenvalue weighted by atomic mass is 19.1. The molecule has 0 saturated carbocycles. The number of primary amides is 1. The first-order chi connectivity index (χ1) is 9.95. The second kappa shape index (κ2) is 6.67. The second-order valence-corrected chi connectivity index (χ2v) is 5.26. The SMILES string of the molecule is C[C@@H]1CN(C(=O)CCc2ccc(F)cc2)C[C@H](C(N)=O)O1. The maximum absolute atomic E-state index is 12.8. The lowest BCUT2D eigenvalue weighted by Crippen LogP contribution is -2.53. The van der Waals surface area contributed by atoms with E-state index in [4.69, 9.17) is 10.5 Å². The number of nitrogens with zero attached hydrogens (tertiary/aromatic N) is 1. The van der Waals surface area contributed by atoms with Crippen molar-refractivity contribution in [1.29, 1.82) is 0 Å². The molecule has 6 heteroatoms. The first kappa shape index (κ1) is 15.4. The predicted molar refractivity (Wildman–Crippen MR) is 74.8 cm³/mol. The van der Waals surface area contributed by atoms with Gasteiger partial charge in [0.05, 0.1) is 12.6 Å². The third-order valence-corrected chi connectivity index (χ3v) is 3.47. The standard InChI is InChI=1S/C15H19FN2O3/c1-10-8-18(9-13(21-10)15(17)20)14(19)7-4-11-2-5-12(16)6-3-11/h2-3,5-6,10,13H,4,7-9H2,1H3,(H2,17,20)/t10-,13-/m1/s1. The van der Waals surface area contributed by atoms with Gasteiger partial charge in [-0.05, 0) is 31.0 Å². The van der Waals surface area contributed by atoms with E-state index in [0.717, 1.165) is 5.56 Å². The molecule has 1 aliphatic heterocycles. The van der Waals surface area contributed by atoms with Gasteiger partial charge < -0.3 is 15.4 Å². The Morgan fingerprint density at radius 1 is 1.33 bits per heavy atom. The number of nitrogens with two attached hydrogens (primary N) is 1. The number of amides is 2. The molecule has 1 aliphatic rings. The van der Waals surface area contributed by atoms with Gasteiger partial charge in [-0.25, -0.2) is 4.39 Å². The molecule has 0 aliphatic carbocycles. The quantitative estimate of drug-likeness (QED) is 0.895. The van der Waals surface area contributed by atoms with Crippen LogP contribution in [0.2, 0.25) is 0 Å². The van der Waals surface area contributed by atoms with Crippen LogP contribution in [0.15, 0.2) is 24.3 Å². The smallest absolute Gasteiger partial charge is 0.248 e. The molecular formula is C15H19FN2O3. The van der Waals surface area contributed by atoms with Crippen molar-refractivity contribution in [1.82, 2.24) is 4.90 Å². The molecule has 0 radical (unpaired) electrons. The van der Waals surface area contributed by atoms with Crippen LogP contribution < -0.4 is 5.73 Å². The van der Waals surface area contributed by atoms with E-state index in [-0.39, 0.29) is 24.4 Å². The molecule has 0 bridgehead atoms. The first-order valence-electron chi connectivity index (χ1n) is 6.92. The molecule has 21 heavy (non-hydrogen) atoms. The number of rotatable bonds is 4. The van der Waals surface area contributed by atoms with E-state index < -0.39 is 12.0 Å². The summed E-state index contributed by atoms with van der Waals surface area (Å²) >= 11 is 0. The molecule has 1 aromatic carbocycles. The zero-order valence-corrected chi connectivity index (χ0v) is 11.9. The van der Waals surface area contributed by atoms with E-state index in [1.807, 2.05) is 0 Å². The minimum Gasteiger partial charge on any atom is -0.367 e. The largest absolute Gasteiger partial charge is 0.367 e. The highest BCUT2D eigenvalue weighted by molar-refractivity contribution is 5.81. The normalized spacial score (nSPS) is 22.1. The van der Waals surface area contributed by atoms with E-state index in [9.17, 15) is 14.0 Å². The Bertz CT molecular complexity index is 518. The average Bonchev–Trinajstić information content (AvgIpc) is 2.45. The van der Waals surface area contributed by atoms with Crippen LogP contribution in [0.5, 0.6) is 0 Å². The van der Waals surface area contributed by atoms with Crippen LogP contribution in [0, 0.1) is 5.82 Å². The van der Waals surface area contributed by atoms with E-state index in [1.54, 1.807) is 24.0 Å². The van der Waals surface area contributed by atoms with Crippen LogP contribution in [-0.4, -0.2) is 42.0 Å². The van der Waals surface area contributed by atoms with Crippen molar-refractivity contribution < 1.29 is 18.7 Å². The molecule has 1 fully saturated rings. The van der Waals surface area contributed by atoms with Crippen LogP contribution in [0.4, 0.5) is 4.39 Å². The Labute approximate surface area is 122 Å². The van der Waals surface area contributed by atoms with Gasteiger partial charge in [-0.1, -0.05) is 12.1 Å². The number of carbonyl (C=O) groups excluding carboxylic acids is 2. The van der Waals surface area contributed by atoms with Crippen molar-refractivity contribution in [3.63, 3.8) is 0 Å². The zero-order chi connectivity index (χ0) is 15.4. The molecule has 1 heterocycles. The highest BCUT2D eigenvalue weighted by Gasteiger charge is 2.31. The predicted octanol–water partition coefficient (Wildman–Crippen LogP) is 0.859. The monoisotopic (exact) mass is 294 g/mol. The molecule has 2 atom stereocenters. The third-order valence-electron chi connectivity index (χ3n) is 3.47. The van der Waals surface area contributed by atoms with Crippen molar-refractivity contribution >= 4 is 11.8 Å². The van der Waals surface area contributed by atoms with Crippen molar-refractivity contribution in [2.75, 3.05) is 13.1 Å². The van der Waals surface area contributed by atoms with Crippen LogP contribution >= 0.6 is 0 Å². The first-order valence-corrected chi connectivity index (χ1v) is 6.92. The fourth-order valence-corrected chi connectivity index (χ4v) is 2.37. The molecule has 2 N–H and O–H groups in total. The summed E-state index contributed by atoms with van der Waals surface area (Å²) in [6, 6.07) is 6.08. The number of benzene rings is 1. The molecule has 5 nitrogen and oxygen atoms in total. The van der Waals surface area contributed by atoms with Gasteiger partial charge in [-0.15, -0.1) is 0 Å². The molecule has 0 spiro atoms. The number of halogens is 1. The van der Waals surface area contributed by atoms with E-state index in [0.29, 0.717) is 19.4 Å². The lowest BCUT2D eigenvalue weighted by Gasteiger charge is -2.35. The van der Waals surface area contributed by atoms with Gasteiger partial charge in [0.1, 0.15) is 5.82 Å². The Morgan fingerprint density at radius 2 is 2.00 bits per heavy atom. The zero-order valence-electron chi connectivity index (χ0n) is 11.9. The molecule has 1 aromatic rings. The third kappa shape index (κ3) is 4.26. The molecule has 1 saturated heterocycles. The van der Waals surface area contributed by atoms with Gasteiger partial charge in [0.15, 0.2) is 6.10 Å². The Hall–Kier alpha value is -1.95. The maximum atomic E-state index is 12.8. The number of hydrogen-bond acceptors (Lipinski definition) is 3. The summed E-state index contributed by atoms with van der Waals surface area (Å²) in [4.78, 5) is 25.0. The van der Waals surface area contributed by atoms with Crippen molar-refractivity contribution in [3.8, 4) is 0 Å². The number of ether oxygens (including phenoxy) is 1.